The van der Waals surface area contributed by atoms with Crippen LogP contribution in [0.5, 0.6) is 11.5 Å². The fourth-order valence-electron chi connectivity index (χ4n) is 2.27. The number of ether oxygens (including phenoxy) is 3. The van der Waals surface area contributed by atoms with E-state index in [2.05, 4.69) is 10.6 Å². The highest BCUT2D eigenvalue weighted by Gasteiger charge is 2.25. The Kier molecular flexibility index (Phi) is 5.35. The fraction of sp³-hybridized carbons (Fsp3) is 0.438. The zero-order valence-electron chi connectivity index (χ0n) is 14.2. The van der Waals surface area contributed by atoms with E-state index in [0.29, 0.717) is 11.5 Å². The predicted molar refractivity (Wildman–Crippen MR) is 87.0 cm³/mol. The maximum Gasteiger partial charge on any atom is 0.340 e. The largest absolute Gasteiger partial charge is 0.481 e. The molecule has 1 aliphatic rings. The number of nitrogens with one attached hydrogen (secondary N) is 2. The molecular formula is C16H20N2O7. The SMILES string of the molecule is COC(=O)c1cc2c(cc1NC(=O)NC(C)(C)CCC(=O)O)OCO2. The lowest BCUT2D eigenvalue weighted by Crippen LogP contribution is -2.46. The first-order chi connectivity index (χ1) is 11.7. The molecule has 0 unspecified atom stereocenters. The van der Waals surface area contributed by atoms with Crippen LogP contribution < -0.4 is 20.1 Å². The fourth-order valence-corrected chi connectivity index (χ4v) is 2.27. The molecule has 2 rings (SSSR count). The molecule has 0 aliphatic carbocycles. The van der Waals surface area contributed by atoms with E-state index in [-0.39, 0.29) is 30.9 Å². The number of amides is 2. The van der Waals surface area contributed by atoms with Crippen LogP contribution in [-0.4, -0.2) is 42.5 Å². The van der Waals surface area contributed by atoms with E-state index in [1.165, 1.54) is 19.2 Å². The minimum atomic E-state index is -0.945. The number of carbonyl (C=O) groups is 3. The van der Waals surface area contributed by atoms with Crippen molar-refractivity contribution < 1.29 is 33.7 Å². The molecule has 136 valence electrons. The van der Waals surface area contributed by atoms with Gasteiger partial charge in [0.25, 0.3) is 0 Å². The monoisotopic (exact) mass is 352 g/mol. The molecule has 1 aliphatic heterocycles. The second-order valence-electron chi connectivity index (χ2n) is 6.10. The van der Waals surface area contributed by atoms with Crippen LogP contribution >= 0.6 is 0 Å². The highest BCUT2D eigenvalue weighted by Crippen LogP contribution is 2.37. The van der Waals surface area contributed by atoms with Gasteiger partial charge in [-0.3, -0.25) is 4.79 Å². The van der Waals surface area contributed by atoms with Crippen LogP contribution in [-0.2, 0) is 9.53 Å². The minimum Gasteiger partial charge on any atom is -0.481 e. The smallest absolute Gasteiger partial charge is 0.340 e. The second-order valence-corrected chi connectivity index (χ2v) is 6.10. The summed E-state index contributed by atoms with van der Waals surface area (Å²) in [5, 5.41) is 14.0. The molecule has 0 aromatic heterocycles. The highest BCUT2D eigenvalue weighted by molar-refractivity contribution is 6.02. The number of hydrogen-bond donors (Lipinski definition) is 3. The third kappa shape index (κ3) is 4.75. The first kappa shape index (κ1) is 18.4. The lowest BCUT2D eigenvalue weighted by atomic mass is 9.99. The predicted octanol–water partition coefficient (Wildman–Crippen LogP) is 1.97. The van der Waals surface area contributed by atoms with E-state index in [0.717, 1.165) is 0 Å². The summed E-state index contributed by atoms with van der Waals surface area (Å²) in [6, 6.07) is 2.32. The first-order valence-electron chi connectivity index (χ1n) is 7.55. The van der Waals surface area contributed by atoms with E-state index in [4.69, 9.17) is 19.3 Å². The molecule has 2 amide bonds. The zero-order valence-corrected chi connectivity index (χ0v) is 14.2. The van der Waals surface area contributed by atoms with Gasteiger partial charge in [0.15, 0.2) is 11.5 Å². The van der Waals surface area contributed by atoms with E-state index in [9.17, 15) is 14.4 Å². The lowest BCUT2D eigenvalue weighted by molar-refractivity contribution is -0.137. The van der Waals surface area contributed by atoms with Crippen LogP contribution in [0.3, 0.4) is 0 Å². The summed E-state index contributed by atoms with van der Waals surface area (Å²) in [5.41, 5.74) is -0.433. The van der Waals surface area contributed by atoms with Gasteiger partial charge < -0.3 is 30.0 Å². The van der Waals surface area contributed by atoms with Gasteiger partial charge in [0.2, 0.25) is 6.79 Å². The Bertz CT molecular complexity index is 700. The van der Waals surface area contributed by atoms with Crippen molar-refractivity contribution in [3.63, 3.8) is 0 Å². The average Bonchev–Trinajstić information content (AvgIpc) is 2.98. The van der Waals surface area contributed by atoms with E-state index >= 15 is 0 Å². The molecule has 0 saturated carbocycles. The Labute approximate surface area is 144 Å². The van der Waals surface area contributed by atoms with Crippen LogP contribution in [0.25, 0.3) is 0 Å². The maximum absolute atomic E-state index is 12.2. The number of aliphatic carboxylic acids is 1. The highest BCUT2D eigenvalue weighted by atomic mass is 16.7. The van der Waals surface area contributed by atoms with Gasteiger partial charge in [0.1, 0.15) is 0 Å². The maximum atomic E-state index is 12.2. The third-order valence-electron chi connectivity index (χ3n) is 3.58. The summed E-state index contributed by atoms with van der Waals surface area (Å²) in [6.07, 6.45) is 0.172. The molecule has 0 fully saturated rings. The van der Waals surface area contributed by atoms with Gasteiger partial charge in [-0.05, 0) is 20.3 Å². The van der Waals surface area contributed by atoms with Crippen molar-refractivity contribution >= 4 is 23.7 Å². The van der Waals surface area contributed by atoms with Crippen molar-refractivity contribution in [2.75, 3.05) is 19.2 Å². The molecular weight excluding hydrogens is 332 g/mol. The summed E-state index contributed by atoms with van der Waals surface area (Å²) in [6.45, 7) is 3.43. The summed E-state index contributed by atoms with van der Waals surface area (Å²) < 4.78 is 15.2. The molecule has 25 heavy (non-hydrogen) atoms. The zero-order chi connectivity index (χ0) is 18.6. The molecule has 0 atom stereocenters. The summed E-state index contributed by atoms with van der Waals surface area (Å²) >= 11 is 0. The minimum absolute atomic E-state index is 0.0216. The Hall–Kier alpha value is -2.97. The Morgan fingerprint density at radius 1 is 1.24 bits per heavy atom. The third-order valence-corrected chi connectivity index (χ3v) is 3.58. The molecule has 3 N–H and O–H groups in total. The standard InChI is InChI=1S/C16H20N2O7/c1-16(2,5-4-13(19)20)18-15(22)17-10-7-12-11(24-8-25-12)6-9(10)14(21)23-3/h6-7H,4-5,8H2,1-3H3,(H,19,20)(H2,17,18,22). The number of carboxylic acid groups (broad SMARTS) is 1. The second kappa shape index (κ2) is 7.29. The van der Waals surface area contributed by atoms with Crippen molar-refractivity contribution in [1.82, 2.24) is 5.32 Å². The van der Waals surface area contributed by atoms with Crippen LogP contribution in [0.1, 0.15) is 37.0 Å². The summed E-state index contributed by atoms with van der Waals surface area (Å²) in [4.78, 5) is 34.8. The Morgan fingerprint density at radius 2 is 1.88 bits per heavy atom. The summed E-state index contributed by atoms with van der Waals surface area (Å²) in [5.74, 6) is -0.806. The van der Waals surface area contributed by atoms with E-state index in [1.54, 1.807) is 13.8 Å². The number of fused-ring (bicyclic) bond motifs is 1. The van der Waals surface area contributed by atoms with Crippen LogP contribution in [0.4, 0.5) is 10.5 Å². The molecule has 9 heteroatoms. The van der Waals surface area contributed by atoms with Gasteiger partial charge in [-0.15, -0.1) is 0 Å². The molecule has 0 bridgehead atoms. The molecule has 0 spiro atoms. The number of urea groups is 1. The molecule has 1 heterocycles. The van der Waals surface area contributed by atoms with Crippen molar-refractivity contribution in [1.29, 1.82) is 0 Å². The number of esters is 1. The number of carbonyl (C=O) groups excluding carboxylic acids is 2. The van der Waals surface area contributed by atoms with Crippen LogP contribution in [0.15, 0.2) is 12.1 Å². The topological polar surface area (TPSA) is 123 Å². The molecule has 0 radical (unpaired) electrons. The first-order valence-corrected chi connectivity index (χ1v) is 7.55. The van der Waals surface area contributed by atoms with Gasteiger partial charge in [0.05, 0.1) is 18.4 Å². The molecule has 1 aromatic rings. The van der Waals surface area contributed by atoms with Crippen LogP contribution in [0, 0.1) is 0 Å². The van der Waals surface area contributed by atoms with Crippen molar-refractivity contribution in [2.45, 2.75) is 32.2 Å². The van der Waals surface area contributed by atoms with Crippen molar-refractivity contribution in [3.8, 4) is 11.5 Å². The van der Waals surface area contributed by atoms with Gasteiger partial charge in [0, 0.05) is 24.1 Å². The molecule has 9 nitrogen and oxygen atoms in total. The van der Waals surface area contributed by atoms with Gasteiger partial charge >= 0.3 is 18.0 Å². The number of hydrogen-bond acceptors (Lipinski definition) is 6. The molecule has 1 aromatic carbocycles. The average molecular weight is 352 g/mol. The molecule has 0 saturated heterocycles. The number of anilines is 1. The van der Waals surface area contributed by atoms with Gasteiger partial charge in [-0.2, -0.15) is 0 Å². The number of rotatable bonds is 6. The van der Waals surface area contributed by atoms with Gasteiger partial charge in [-0.1, -0.05) is 0 Å². The van der Waals surface area contributed by atoms with Crippen molar-refractivity contribution in [3.05, 3.63) is 17.7 Å². The Balaban J connectivity index is 2.14. The van der Waals surface area contributed by atoms with Crippen molar-refractivity contribution in [2.24, 2.45) is 0 Å². The quantitative estimate of drug-likeness (QED) is 0.669. The normalized spacial score (nSPS) is 12.4. The van der Waals surface area contributed by atoms with Crippen LogP contribution in [0.2, 0.25) is 0 Å². The Morgan fingerprint density at radius 3 is 2.48 bits per heavy atom. The number of benzene rings is 1. The number of carboxylic acids is 1. The number of methoxy groups -OCH3 is 1. The van der Waals surface area contributed by atoms with Gasteiger partial charge in [-0.25, -0.2) is 9.59 Å². The van der Waals surface area contributed by atoms with E-state index < -0.39 is 23.5 Å². The lowest BCUT2D eigenvalue weighted by Gasteiger charge is -2.26. The van der Waals surface area contributed by atoms with E-state index in [1.807, 2.05) is 0 Å². The summed E-state index contributed by atoms with van der Waals surface area (Å²) in [7, 11) is 1.23.